The summed E-state index contributed by atoms with van der Waals surface area (Å²) in [5.74, 6) is 2.34. The lowest BCUT2D eigenvalue weighted by Crippen LogP contribution is -2.53. The molecule has 146 valence electrons. The highest BCUT2D eigenvalue weighted by molar-refractivity contribution is 6.07. The van der Waals surface area contributed by atoms with Crippen molar-refractivity contribution >= 4 is 11.9 Å². The van der Waals surface area contributed by atoms with Gasteiger partial charge in [0.25, 0.3) is 5.91 Å². The Balaban J connectivity index is 1.46. The molecule has 5 aliphatic rings. The van der Waals surface area contributed by atoms with Crippen molar-refractivity contribution in [3.63, 3.8) is 0 Å². The molecule has 2 bridgehead atoms. The first-order valence-electron chi connectivity index (χ1n) is 10.8. The van der Waals surface area contributed by atoms with E-state index in [0.29, 0.717) is 24.5 Å². The Morgan fingerprint density at radius 3 is 2.65 bits per heavy atom. The molecule has 1 saturated heterocycles. The van der Waals surface area contributed by atoms with E-state index in [1.807, 2.05) is 0 Å². The molecular formula is C21H35N3O2. The van der Waals surface area contributed by atoms with Crippen molar-refractivity contribution in [2.75, 3.05) is 13.7 Å². The van der Waals surface area contributed by atoms with Crippen LogP contribution in [0.25, 0.3) is 0 Å². The molecule has 4 saturated carbocycles. The van der Waals surface area contributed by atoms with Crippen LogP contribution < -0.4 is 5.32 Å². The summed E-state index contributed by atoms with van der Waals surface area (Å²) >= 11 is 0. The zero-order valence-corrected chi connectivity index (χ0v) is 16.3. The van der Waals surface area contributed by atoms with Crippen LogP contribution in [0.5, 0.6) is 0 Å². The van der Waals surface area contributed by atoms with E-state index in [1.54, 1.807) is 7.05 Å². The third-order valence-electron chi connectivity index (χ3n) is 7.54. The summed E-state index contributed by atoms with van der Waals surface area (Å²) in [5.41, 5.74) is -0.709. The maximum Gasteiger partial charge on any atom is 0.257 e. The van der Waals surface area contributed by atoms with E-state index < -0.39 is 5.54 Å². The highest BCUT2D eigenvalue weighted by Crippen LogP contribution is 2.41. The minimum absolute atomic E-state index is 0.0341. The van der Waals surface area contributed by atoms with E-state index in [4.69, 9.17) is 10.1 Å². The number of carbonyl (C=O) groups is 1. The zero-order chi connectivity index (χ0) is 18.1. The lowest BCUT2D eigenvalue weighted by molar-refractivity contribution is -0.136. The number of ether oxygens (including phenoxy) is 1. The van der Waals surface area contributed by atoms with E-state index in [2.05, 4.69) is 5.32 Å². The molecule has 2 N–H and O–H groups in total. The number of guanidine groups is 1. The Labute approximate surface area is 157 Å². The predicted octanol–water partition coefficient (Wildman–Crippen LogP) is 3.68. The molecule has 0 radical (unpaired) electrons. The van der Waals surface area contributed by atoms with Crippen LogP contribution in [-0.2, 0) is 9.53 Å². The summed E-state index contributed by atoms with van der Waals surface area (Å²) in [5, 5.41) is 11.4. The average Bonchev–Trinajstić information content (AvgIpc) is 2.91. The van der Waals surface area contributed by atoms with Gasteiger partial charge < -0.3 is 10.1 Å². The van der Waals surface area contributed by atoms with E-state index in [-0.39, 0.29) is 11.9 Å². The minimum atomic E-state index is -0.709. The SMILES string of the molecule is CN1C(=N)NC(COC2CC3CCCC2CC3)(CC2CCCCC2)C1=O. The van der Waals surface area contributed by atoms with Gasteiger partial charge in [0.2, 0.25) is 0 Å². The summed E-state index contributed by atoms with van der Waals surface area (Å²) < 4.78 is 6.49. The fraction of sp³-hybridized carbons (Fsp3) is 0.905. The Bertz CT molecular complexity index is 541. The van der Waals surface area contributed by atoms with Crippen molar-refractivity contribution in [2.24, 2.45) is 17.8 Å². The summed E-state index contributed by atoms with van der Waals surface area (Å²) in [6, 6.07) is 0. The van der Waals surface area contributed by atoms with Crippen LogP contribution in [0.15, 0.2) is 0 Å². The average molecular weight is 362 g/mol. The monoisotopic (exact) mass is 361 g/mol. The molecule has 1 amide bonds. The summed E-state index contributed by atoms with van der Waals surface area (Å²) in [6.45, 7) is 0.433. The van der Waals surface area contributed by atoms with Gasteiger partial charge in [0.15, 0.2) is 5.96 Å². The lowest BCUT2D eigenvalue weighted by Gasteiger charge is -2.37. The molecule has 26 heavy (non-hydrogen) atoms. The summed E-state index contributed by atoms with van der Waals surface area (Å²) in [6.07, 6.45) is 15.2. The molecule has 0 aromatic rings. The smallest absolute Gasteiger partial charge is 0.257 e. The second kappa shape index (κ2) is 7.49. The highest BCUT2D eigenvalue weighted by atomic mass is 16.5. The molecule has 4 aliphatic carbocycles. The van der Waals surface area contributed by atoms with Gasteiger partial charge in [-0.05, 0) is 49.9 Å². The van der Waals surface area contributed by atoms with Crippen LogP contribution >= 0.6 is 0 Å². The van der Waals surface area contributed by atoms with Gasteiger partial charge in [0, 0.05) is 7.05 Å². The molecule has 0 spiro atoms. The van der Waals surface area contributed by atoms with E-state index >= 15 is 0 Å². The van der Waals surface area contributed by atoms with Crippen LogP contribution in [-0.4, -0.2) is 42.1 Å². The lowest BCUT2D eigenvalue weighted by atomic mass is 9.79. The van der Waals surface area contributed by atoms with Crippen molar-refractivity contribution in [1.82, 2.24) is 10.2 Å². The quantitative estimate of drug-likeness (QED) is 0.785. The molecule has 5 nitrogen and oxygen atoms in total. The first-order valence-corrected chi connectivity index (χ1v) is 10.8. The molecule has 4 atom stereocenters. The first kappa shape index (κ1) is 18.3. The van der Waals surface area contributed by atoms with Gasteiger partial charge in [-0.25, -0.2) is 0 Å². The Kier molecular flexibility index (Phi) is 5.27. The maximum absolute atomic E-state index is 13.1. The fourth-order valence-electron chi connectivity index (χ4n) is 5.95. The van der Waals surface area contributed by atoms with Gasteiger partial charge in [0.1, 0.15) is 5.54 Å². The molecule has 5 heteroatoms. The largest absolute Gasteiger partial charge is 0.375 e. The predicted molar refractivity (Wildman–Crippen MR) is 102 cm³/mol. The van der Waals surface area contributed by atoms with Crippen molar-refractivity contribution in [1.29, 1.82) is 5.41 Å². The Morgan fingerprint density at radius 2 is 1.92 bits per heavy atom. The number of likely N-dealkylation sites (N-methyl/N-ethyl adjacent to an activating group) is 1. The van der Waals surface area contributed by atoms with Crippen LogP contribution in [0.4, 0.5) is 0 Å². The molecule has 5 rings (SSSR count). The van der Waals surface area contributed by atoms with Crippen LogP contribution in [0.2, 0.25) is 0 Å². The number of fused-ring (bicyclic) bond motifs is 4. The van der Waals surface area contributed by atoms with E-state index in [9.17, 15) is 4.79 Å². The van der Waals surface area contributed by atoms with Gasteiger partial charge in [-0.3, -0.25) is 15.1 Å². The first-order chi connectivity index (χ1) is 12.6. The molecule has 0 aromatic heterocycles. The van der Waals surface area contributed by atoms with E-state index in [0.717, 1.165) is 12.3 Å². The van der Waals surface area contributed by atoms with Crippen molar-refractivity contribution in [3.8, 4) is 0 Å². The number of hydrogen-bond acceptors (Lipinski definition) is 3. The standard InChI is InChI=1S/C21H35N3O2/c1-24-19(25)21(23-20(24)22,13-16-6-3-2-4-7-16)14-26-18-12-15-8-5-9-17(18)11-10-15/h15-18H,2-14H2,1H3,(H2,22,23). The molecule has 5 fully saturated rings. The number of carbonyl (C=O) groups excluding carboxylic acids is 1. The molecule has 0 aromatic carbocycles. The molecule has 1 heterocycles. The Morgan fingerprint density at radius 1 is 1.12 bits per heavy atom. The number of rotatable bonds is 5. The topological polar surface area (TPSA) is 65.4 Å². The minimum Gasteiger partial charge on any atom is -0.375 e. The third-order valence-corrected chi connectivity index (χ3v) is 7.54. The van der Waals surface area contributed by atoms with Gasteiger partial charge in [0.05, 0.1) is 12.7 Å². The van der Waals surface area contributed by atoms with Crippen LogP contribution in [0.1, 0.15) is 77.0 Å². The summed E-state index contributed by atoms with van der Waals surface area (Å²) in [7, 11) is 1.72. The fourth-order valence-corrected chi connectivity index (χ4v) is 5.95. The summed E-state index contributed by atoms with van der Waals surface area (Å²) in [4.78, 5) is 14.5. The second-order valence-electron chi connectivity index (χ2n) is 9.35. The number of amides is 1. The van der Waals surface area contributed by atoms with Crippen molar-refractivity contribution < 1.29 is 9.53 Å². The molecular weight excluding hydrogens is 326 g/mol. The van der Waals surface area contributed by atoms with Gasteiger partial charge in [-0.15, -0.1) is 0 Å². The third kappa shape index (κ3) is 3.51. The van der Waals surface area contributed by atoms with Crippen LogP contribution in [0.3, 0.4) is 0 Å². The van der Waals surface area contributed by atoms with Gasteiger partial charge >= 0.3 is 0 Å². The van der Waals surface area contributed by atoms with E-state index in [1.165, 1.54) is 75.5 Å². The number of hydrogen-bond donors (Lipinski definition) is 2. The maximum atomic E-state index is 13.1. The van der Waals surface area contributed by atoms with Gasteiger partial charge in [-0.2, -0.15) is 0 Å². The zero-order valence-electron chi connectivity index (χ0n) is 16.3. The van der Waals surface area contributed by atoms with Gasteiger partial charge in [-0.1, -0.05) is 44.9 Å². The molecule has 4 unspecified atom stereocenters. The second-order valence-corrected chi connectivity index (χ2v) is 9.35. The molecule has 1 aliphatic heterocycles. The number of nitrogens with one attached hydrogen (secondary N) is 2. The van der Waals surface area contributed by atoms with Crippen molar-refractivity contribution in [2.45, 2.75) is 88.7 Å². The van der Waals surface area contributed by atoms with Crippen LogP contribution in [0, 0.1) is 23.2 Å². The van der Waals surface area contributed by atoms with Crippen molar-refractivity contribution in [3.05, 3.63) is 0 Å². The highest BCUT2D eigenvalue weighted by Gasteiger charge is 2.50. The Hall–Kier alpha value is -1.10. The number of nitrogens with zero attached hydrogens (tertiary/aromatic N) is 1. The normalized spacial score (nSPS) is 38.5.